The quantitative estimate of drug-likeness (QED) is 0.832. The maximum absolute atomic E-state index is 12.4. The van der Waals surface area contributed by atoms with Crippen LogP contribution in [0.1, 0.15) is 11.8 Å². The Morgan fingerprint density at radius 3 is 2.78 bits per heavy atom. The minimum atomic E-state index is -1.25. The molecule has 0 spiro atoms. The van der Waals surface area contributed by atoms with Crippen molar-refractivity contribution in [2.24, 2.45) is 0 Å². The van der Waals surface area contributed by atoms with Crippen molar-refractivity contribution >= 4 is 0 Å². The fourth-order valence-electron chi connectivity index (χ4n) is 1.72. The van der Waals surface area contributed by atoms with E-state index in [4.69, 9.17) is 9.47 Å². The summed E-state index contributed by atoms with van der Waals surface area (Å²) in [5.41, 5.74) is -1.06. The second-order valence-electron chi connectivity index (χ2n) is 3.89. The number of rotatable bonds is 4. The van der Waals surface area contributed by atoms with Crippen LogP contribution in [0.3, 0.4) is 0 Å². The van der Waals surface area contributed by atoms with E-state index >= 15 is 0 Å². The fourth-order valence-corrected chi connectivity index (χ4v) is 1.72. The monoisotopic (exact) mass is 262 g/mol. The van der Waals surface area contributed by atoms with E-state index in [0.29, 0.717) is 0 Å². The summed E-state index contributed by atoms with van der Waals surface area (Å²) >= 11 is 0. The zero-order chi connectivity index (χ0) is 13.3. The Morgan fingerprint density at radius 2 is 2.17 bits per heavy atom. The molecule has 1 aromatic heterocycles. The topological polar surface area (TPSA) is 73.3 Å². The molecule has 0 saturated carbocycles. The molecule has 1 aliphatic rings. The summed E-state index contributed by atoms with van der Waals surface area (Å²) in [6.45, 7) is -0.586. The molecule has 1 atom stereocenters. The van der Waals surface area contributed by atoms with Crippen LogP contribution in [0.25, 0.3) is 0 Å². The van der Waals surface area contributed by atoms with Gasteiger partial charge in [0.25, 0.3) is 5.56 Å². The van der Waals surface area contributed by atoms with Gasteiger partial charge in [0.2, 0.25) is 5.88 Å². The van der Waals surface area contributed by atoms with Crippen molar-refractivity contribution in [3.63, 3.8) is 0 Å². The number of aromatic nitrogens is 2. The number of nitrogens with zero attached hydrogens (tertiary/aromatic N) is 1. The van der Waals surface area contributed by atoms with Crippen LogP contribution in [0.2, 0.25) is 0 Å². The van der Waals surface area contributed by atoms with Gasteiger partial charge in [-0.2, -0.15) is 0 Å². The summed E-state index contributed by atoms with van der Waals surface area (Å²) in [5.74, 6) is 0.0743. The molecule has 1 aliphatic heterocycles. The number of ether oxygens (including phenoxy) is 2. The Labute approximate surface area is 100 Å². The van der Waals surface area contributed by atoms with Crippen molar-refractivity contribution < 1.29 is 18.3 Å². The van der Waals surface area contributed by atoms with Gasteiger partial charge in [0.1, 0.15) is 26.1 Å². The molecule has 0 amide bonds. The third-order valence-corrected chi connectivity index (χ3v) is 2.66. The summed E-state index contributed by atoms with van der Waals surface area (Å²) < 4.78 is 36.1. The van der Waals surface area contributed by atoms with Crippen LogP contribution in [0.4, 0.5) is 8.78 Å². The molecule has 2 heterocycles. The number of hydrogen-bond acceptors (Lipinski definition) is 4. The van der Waals surface area contributed by atoms with Crippen molar-refractivity contribution in [3.05, 3.63) is 26.4 Å². The smallest absolute Gasteiger partial charge is 0.333 e. The van der Waals surface area contributed by atoms with Gasteiger partial charge in [-0.1, -0.05) is 0 Å². The number of hydrogen-bond donors (Lipinski definition) is 1. The molecule has 1 N–H and O–H groups in total. The zero-order valence-electron chi connectivity index (χ0n) is 9.61. The molecule has 0 aromatic carbocycles. The van der Waals surface area contributed by atoms with Gasteiger partial charge in [-0.3, -0.25) is 9.78 Å². The second kappa shape index (κ2) is 4.89. The third kappa shape index (κ3) is 2.03. The summed E-state index contributed by atoms with van der Waals surface area (Å²) in [4.78, 5) is 25.0. The highest BCUT2D eigenvalue weighted by Gasteiger charge is 2.30. The molecule has 6 nitrogen and oxygen atoms in total. The molecule has 0 radical (unpaired) electrons. The van der Waals surface area contributed by atoms with E-state index < -0.39 is 36.9 Å². The Bertz CT molecular complexity index is 550. The average Bonchev–Trinajstić information content (AvgIpc) is 2.77. The zero-order valence-corrected chi connectivity index (χ0v) is 9.61. The summed E-state index contributed by atoms with van der Waals surface area (Å²) in [6, 6.07) is 0. The van der Waals surface area contributed by atoms with Gasteiger partial charge in [-0.05, 0) is 6.92 Å². The fraction of sp³-hybridized carbons (Fsp3) is 0.600. The molecule has 0 fully saturated rings. The molecular weight excluding hydrogens is 250 g/mol. The highest BCUT2D eigenvalue weighted by molar-refractivity contribution is 5.24. The van der Waals surface area contributed by atoms with Crippen molar-refractivity contribution in [2.45, 2.75) is 19.3 Å². The highest BCUT2D eigenvalue weighted by atomic mass is 19.1. The highest BCUT2D eigenvalue weighted by Crippen LogP contribution is 2.26. The first-order valence-corrected chi connectivity index (χ1v) is 5.34. The van der Waals surface area contributed by atoms with Crippen LogP contribution in [0, 0.1) is 6.92 Å². The molecule has 100 valence electrons. The van der Waals surface area contributed by atoms with Gasteiger partial charge in [-0.25, -0.2) is 18.1 Å². The number of alkyl halides is 2. The second-order valence-corrected chi connectivity index (χ2v) is 3.89. The largest absolute Gasteiger partial charge is 0.474 e. The normalized spacial score (nSPS) is 17.9. The Balaban J connectivity index is 2.36. The van der Waals surface area contributed by atoms with Gasteiger partial charge >= 0.3 is 5.69 Å². The van der Waals surface area contributed by atoms with Crippen LogP contribution in [0.5, 0.6) is 5.88 Å². The van der Waals surface area contributed by atoms with E-state index in [1.807, 2.05) is 0 Å². The van der Waals surface area contributed by atoms with E-state index in [-0.39, 0.29) is 18.1 Å². The Morgan fingerprint density at radius 1 is 1.50 bits per heavy atom. The minimum absolute atomic E-state index is 0.0656. The van der Waals surface area contributed by atoms with Crippen LogP contribution < -0.4 is 16.0 Å². The number of aromatic amines is 1. The summed E-state index contributed by atoms with van der Waals surface area (Å²) in [6.07, 6.45) is -2.18. The van der Waals surface area contributed by atoms with Gasteiger partial charge in [0, 0.05) is 0 Å². The Hall–Kier alpha value is -1.70. The lowest BCUT2D eigenvalue weighted by Crippen LogP contribution is -2.34. The van der Waals surface area contributed by atoms with Gasteiger partial charge < -0.3 is 9.47 Å². The molecule has 0 unspecified atom stereocenters. The third-order valence-electron chi connectivity index (χ3n) is 2.66. The van der Waals surface area contributed by atoms with E-state index in [2.05, 4.69) is 4.98 Å². The average molecular weight is 262 g/mol. The lowest BCUT2D eigenvalue weighted by molar-refractivity contribution is -0.0714. The van der Waals surface area contributed by atoms with Crippen LogP contribution >= 0.6 is 0 Å². The molecule has 18 heavy (non-hydrogen) atoms. The SMILES string of the molecule is Cc1c2n(c(=O)[nH]c1=O)[C@@H](OC(CF)CF)CO2. The molecule has 1 aromatic rings. The summed E-state index contributed by atoms with van der Waals surface area (Å²) in [7, 11) is 0. The van der Waals surface area contributed by atoms with E-state index in [1.165, 1.54) is 6.92 Å². The molecule has 0 aliphatic carbocycles. The van der Waals surface area contributed by atoms with Crippen LogP contribution in [-0.2, 0) is 4.74 Å². The Kier molecular flexibility index (Phi) is 3.46. The summed E-state index contributed by atoms with van der Waals surface area (Å²) in [5, 5.41) is 0. The number of nitrogens with one attached hydrogen (secondary N) is 1. The van der Waals surface area contributed by atoms with Crippen LogP contribution in [0.15, 0.2) is 9.59 Å². The number of halogens is 2. The van der Waals surface area contributed by atoms with Crippen LogP contribution in [-0.4, -0.2) is 35.6 Å². The lowest BCUT2D eigenvalue weighted by atomic mass is 10.3. The maximum atomic E-state index is 12.4. The molecule has 0 saturated heterocycles. The van der Waals surface area contributed by atoms with E-state index in [0.717, 1.165) is 4.57 Å². The molecular formula is C10H12F2N2O4. The van der Waals surface area contributed by atoms with Gasteiger partial charge in [0.05, 0.1) is 5.56 Å². The minimum Gasteiger partial charge on any atom is -0.474 e. The van der Waals surface area contributed by atoms with Crippen molar-refractivity contribution in [1.29, 1.82) is 0 Å². The van der Waals surface area contributed by atoms with Gasteiger partial charge in [-0.15, -0.1) is 0 Å². The van der Waals surface area contributed by atoms with Crippen molar-refractivity contribution in [1.82, 2.24) is 9.55 Å². The lowest BCUT2D eigenvalue weighted by Gasteiger charge is -2.17. The van der Waals surface area contributed by atoms with E-state index in [9.17, 15) is 18.4 Å². The molecule has 8 heteroatoms. The van der Waals surface area contributed by atoms with Crippen molar-refractivity contribution in [2.75, 3.05) is 20.0 Å². The van der Waals surface area contributed by atoms with Crippen molar-refractivity contribution in [3.8, 4) is 5.88 Å². The molecule has 2 rings (SSSR count). The molecule has 0 bridgehead atoms. The number of fused-ring (bicyclic) bond motifs is 1. The predicted octanol–water partition coefficient (Wildman–Crippen LogP) is 0.0602. The van der Waals surface area contributed by atoms with E-state index in [1.54, 1.807) is 0 Å². The predicted molar refractivity (Wildman–Crippen MR) is 57.4 cm³/mol. The first-order chi connectivity index (χ1) is 8.58. The number of H-pyrrole nitrogens is 1. The first kappa shape index (κ1) is 12.7. The van der Waals surface area contributed by atoms with Gasteiger partial charge in [0.15, 0.2) is 6.23 Å². The standard InChI is InChI=1S/C10H12F2N2O4/c1-5-8(15)13-10(16)14-7(4-17-9(5)14)18-6(2-11)3-12/h6-7H,2-4H2,1H3,(H,13,15,16)/t7-/m0/s1. The first-order valence-electron chi connectivity index (χ1n) is 5.34. The maximum Gasteiger partial charge on any atom is 0.333 e.